The highest BCUT2D eigenvalue weighted by molar-refractivity contribution is 5.97. The predicted molar refractivity (Wildman–Crippen MR) is 106 cm³/mol. The Morgan fingerprint density at radius 2 is 1.96 bits per heavy atom. The van der Waals surface area contributed by atoms with Gasteiger partial charge in [-0.2, -0.15) is 0 Å². The third-order valence-electron chi connectivity index (χ3n) is 5.94. The van der Waals surface area contributed by atoms with E-state index in [1.165, 1.54) is 24.0 Å². The van der Waals surface area contributed by atoms with Gasteiger partial charge >= 0.3 is 0 Å². The van der Waals surface area contributed by atoms with Crippen molar-refractivity contribution in [1.82, 2.24) is 4.98 Å². The molecule has 27 heavy (non-hydrogen) atoms. The third kappa shape index (κ3) is 4.13. The topological polar surface area (TPSA) is 39.2 Å². The van der Waals surface area contributed by atoms with E-state index in [1.54, 1.807) is 12.5 Å². The van der Waals surface area contributed by atoms with Crippen molar-refractivity contribution in [3.05, 3.63) is 77.8 Å². The molecule has 1 aromatic heterocycles. The molecule has 1 aliphatic heterocycles. The number of benzene rings is 1. The summed E-state index contributed by atoms with van der Waals surface area (Å²) in [6, 6.07) is 14.5. The number of carbonyl (C=O) groups is 1. The maximum absolute atomic E-state index is 13.1. The van der Waals surface area contributed by atoms with Crippen molar-refractivity contribution in [3.8, 4) is 0 Å². The summed E-state index contributed by atoms with van der Waals surface area (Å²) in [6.45, 7) is 2.17. The van der Waals surface area contributed by atoms with Gasteiger partial charge in [-0.1, -0.05) is 43.3 Å². The molecule has 0 bridgehead atoms. The summed E-state index contributed by atoms with van der Waals surface area (Å²) in [6.07, 6.45) is 10.2. The van der Waals surface area contributed by atoms with E-state index < -0.39 is 0 Å². The normalized spacial score (nSPS) is 21.9. The van der Waals surface area contributed by atoms with Crippen molar-refractivity contribution in [1.29, 1.82) is 0 Å². The van der Waals surface area contributed by atoms with Gasteiger partial charge in [0.1, 0.15) is 6.10 Å². The monoisotopic (exact) mass is 361 g/mol. The Labute approximate surface area is 161 Å². The van der Waals surface area contributed by atoms with Gasteiger partial charge < -0.3 is 4.74 Å². The van der Waals surface area contributed by atoms with Crippen LogP contribution in [0.15, 0.2) is 66.7 Å². The SMILES string of the molecule is CCC(Cc1cccnc1)C1CC(=O)C(C(c2ccccc2)C2CC2)=CO1. The summed E-state index contributed by atoms with van der Waals surface area (Å²) in [4.78, 5) is 17.3. The van der Waals surface area contributed by atoms with Gasteiger partial charge in [0.15, 0.2) is 5.78 Å². The van der Waals surface area contributed by atoms with Crippen LogP contribution < -0.4 is 0 Å². The number of nitrogens with zero attached hydrogens (tertiary/aromatic N) is 1. The predicted octanol–water partition coefficient (Wildman–Crippen LogP) is 5.09. The largest absolute Gasteiger partial charge is 0.497 e. The van der Waals surface area contributed by atoms with Crippen molar-refractivity contribution in [2.75, 3.05) is 0 Å². The lowest BCUT2D eigenvalue weighted by Gasteiger charge is -2.31. The molecule has 1 saturated carbocycles. The maximum Gasteiger partial charge on any atom is 0.166 e. The van der Waals surface area contributed by atoms with E-state index in [0.29, 0.717) is 18.3 Å². The fraction of sp³-hybridized carbons (Fsp3) is 0.417. The molecule has 2 aliphatic rings. The number of pyridine rings is 1. The molecule has 2 heterocycles. The lowest BCUT2D eigenvalue weighted by atomic mass is 9.81. The van der Waals surface area contributed by atoms with Crippen LogP contribution in [0.3, 0.4) is 0 Å². The molecule has 3 atom stereocenters. The number of hydrogen-bond acceptors (Lipinski definition) is 3. The Morgan fingerprint density at radius 3 is 2.59 bits per heavy atom. The fourth-order valence-electron chi connectivity index (χ4n) is 4.26. The van der Waals surface area contributed by atoms with Crippen molar-refractivity contribution in [3.63, 3.8) is 0 Å². The number of Topliss-reactive ketones (excluding diaryl/α,β-unsaturated/α-hetero) is 1. The highest BCUT2D eigenvalue weighted by Gasteiger charge is 2.40. The molecule has 0 saturated heterocycles. The van der Waals surface area contributed by atoms with Crippen LogP contribution in [0.1, 0.15) is 49.7 Å². The summed E-state index contributed by atoms with van der Waals surface area (Å²) in [5.41, 5.74) is 3.32. The molecule has 0 radical (unpaired) electrons. The lowest BCUT2D eigenvalue weighted by molar-refractivity contribution is -0.120. The van der Waals surface area contributed by atoms with Gasteiger partial charge in [0.05, 0.1) is 6.26 Å². The fourth-order valence-corrected chi connectivity index (χ4v) is 4.26. The van der Waals surface area contributed by atoms with Crippen LogP contribution in [0.5, 0.6) is 0 Å². The molecule has 0 N–H and O–H groups in total. The molecular formula is C24H27NO2. The highest BCUT2D eigenvalue weighted by Crippen LogP contribution is 2.48. The Kier molecular flexibility index (Phi) is 5.38. The van der Waals surface area contributed by atoms with Gasteiger partial charge in [-0.15, -0.1) is 0 Å². The smallest absolute Gasteiger partial charge is 0.166 e. The van der Waals surface area contributed by atoms with Crippen molar-refractivity contribution in [2.45, 2.75) is 51.0 Å². The molecular weight excluding hydrogens is 334 g/mol. The summed E-state index contributed by atoms with van der Waals surface area (Å²) < 4.78 is 6.16. The molecule has 1 aliphatic carbocycles. The van der Waals surface area contributed by atoms with Crippen LogP contribution in [0, 0.1) is 11.8 Å². The van der Waals surface area contributed by atoms with E-state index in [-0.39, 0.29) is 17.8 Å². The molecule has 0 amide bonds. The van der Waals surface area contributed by atoms with Gasteiger partial charge in [0.25, 0.3) is 0 Å². The zero-order chi connectivity index (χ0) is 18.6. The first-order chi connectivity index (χ1) is 13.3. The van der Waals surface area contributed by atoms with Crippen molar-refractivity contribution in [2.24, 2.45) is 11.8 Å². The van der Waals surface area contributed by atoms with Gasteiger partial charge in [-0.25, -0.2) is 0 Å². The number of rotatable bonds is 7. The average molecular weight is 361 g/mol. The number of ether oxygens (including phenoxy) is 1. The molecule has 4 rings (SSSR count). The minimum Gasteiger partial charge on any atom is -0.497 e. The Morgan fingerprint density at radius 1 is 1.15 bits per heavy atom. The molecule has 0 spiro atoms. The Balaban J connectivity index is 1.51. The zero-order valence-corrected chi connectivity index (χ0v) is 15.9. The Hall–Kier alpha value is -2.42. The third-order valence-corrected chi connectivity index (χ3v) is 5.94. The summed E-state index contributed by atoms with van der Waals surface area (Å²) in [5.74, 6) is 1.36. The van der Waals surface area contributed by atoms with Crippen LogP contribution in [0.4, 0.5) is 0 Å². The van der Waals surface area contributed by atoms with Gasteiger partial charge in [0.2, 0.25) is 0 Å². The van der Waals surface area contributed by atoms with Crippen LogP contribution in [0.25, 0.3) is 0 Å². The quantitative estimate of drug-likeness (QED) is 0.690. The van der Waals surface area contributed by atoms with E-state index in [9.17, 15) is 4.79 Å². The second-order valence-corrected chi connectivity index (χ2v) is 7.83. The zero-order valence-electron chi connectivity index (χ0n) is 15.9. The van der Waals surface area contributed by atoms with Gasteiger partial charge in [0, 0.05) is 36.2 Å². The van der Waals surface area contributed by atoms with Gasteiger partial charge in [-0.05, 0) is 48.8 Å². The number of carbonyl (C=O) groups excluding carboxylic acids is 1. The first-order valence-electron chi connectivity index (χ1n) is 10.1. The van der Waals surface area contributed by atoms with Crippen LogP contribution in [-0.2, 0) is 16.0 Å². The number of allylic oxidation sites excluding steroid dienone is 1. The van der Waals surface area contributed by atoms with Crippen LogP contribution >= 0.6 is 0 Å². The summed E-state index contributed by atoms with van der Waals surface area (Å²) in [7, 11) is 0. The molecule has 1 fully saturated rings. The molecule has 3 heteroatoms. The first kappa shape index (κ1) is 18.0. The Bertz CT molecular complexity index is 796. The van der Waals surface area contributed by atoms with E-state index >= 15 is 0 Å². The van der Waals surface area contributed by atoms with Crippen LogP contribution in [0.2, 0.25) is 0 Å². The van der Waals surface area contributed by atoms with Crippen molar-refractivity contribution < 1.29 is 9.53 Å². The average Bonchev–Trinajstić information content (AvgIpc) is 3.54. The standard InChI is InChI=1S/C24H27NO2/c1-2-18(13-17-7-6-12-25-15-17)23-14-22(26)21(16-27-23)24(20-10-11-20)19-8-4-3-5-9-19/h3-9,12,15-16,18,20,23-24H,2,10-11,13-14H2,1H3. The second kappa shape index (κ2) is 8.08. The summed E-state index contributed by atoms with van der Waals surface area (Å²) in [5, 5.41) is 0. The molecule has 3 nitrogen and oxygen atoms in total. The first-order valence-corrected chi connectivity index (χ1v) is 10.1. The number of ketones is 1. The molecule has 140 valence electrons. The van der Waals surface area contributed by atoms with E-state index in [4.69, 9.17) is 4.74 Å². The number of aromatic nitrogens is 1. The number of hydrogen-bond donors (Lipinski definition) is 0. The lowest BCUT2D eigenvalue weighted by Crippen LogP contribution is -2.32. The minimum absolute atomic E-state index is 0.0397. The molecule has 2 aromatic rings. The second-order valence-electron chi connectivity index (χ2n) is 7.83. The molecule has 3 unspecified atom stereocenters. The highest BCUT2D eigenvalue weighted by atomic mass is 16.5. The summed E-state index contributed by atoms with van der Waals surface area (Å²) >= 11 is 0. The minimum atomic E-state index is -0.0397. The van der Waals surface area contributed by atoms with E-state index in [2.05, 4.69) is 42.2 Å². The van der Waals surface area contributed by atoms with E-state index in [1.807, 2.05) is 18.3 Å². The van der Waals surface area contributed by atoms with Crippen LogP contribution in [-0.4, -0.2) is 16.9 Å². The molecule has 1 aromatic carbocycles. The van der Waals surface area contributed by atoms with Crippen molar-refractivity contribution >= 4 is 5.78 Å². The van der Waals surface area contributed by atoms with E-state index in [0.717, 1.165) is 18.4 Å². The van der Waals surface area contributed by atoms with Gasteiger partial charge in [-0.3, -0.25) is 9.78 Å². The maximum atomic E-state index is 13.1.